The fraction of sp³-hybridized carbons (Fsp3) is 0.571. The third-order valence-electron chi connectivity index (χ3n) is 5.27. The zero-order chi connectivity index (χ0) is 17.6. The molecule has 1 aliphatic rings. The minimum Gasteiger partial charge on any atom is -0.298 e. The number of hydrogen-bond donors (Lipinski definition) is 0. The average molecular weight is 341 g/mol. The van der Waals surface area contributed by atoms with Gasteiger partial charge in [0.25, 0.3) is 0 Å². The summed E-state index contributed by atoms with van der Waals surface area (Å²) in [5.74, 6) is 0. The summed E-state index contributed by atoms with van der Waals surface area (Å²) in [6, 6.07) is 11.4. The van der Waals surface area contributed by atoms with Crippen LogP contribution in [0.2, 0.25) is 0 Å². The molecular formula is C21H32N4. The van der Waals surface area contributed by atoms with Crippen LogP contribution in [0.3, 0.4) is 0 Å². The van der Waals surface area contributed by atoms with Crippen LogP contribution in [-0.2, 0) is 19.6 Å². The van der Waals surface area contributed by atoms with Gasteiger partial charge in [0, 0.05) is 44.0 Å². The Morgan fingerprint density at radius 3 is 2.80 bits per heavy atom. The van der Waals surface area contributed by atoms with E-state index in [0.29, 0.717) is 6.04 Å². The number of rotatable bonds is 7. The van der Waals surface area contributed by atoms with Crippen molar-refractivity contribution in [2.24, 2.45) is 0 Å². The van der Waals surface area contributed by atoms with Crippen molar-refractivity contribution in [3.8, 4) is 0 Å². The number of nitrogens with zero attached hydrogens (tertiary/aromatic N) is 4. The molecule has 1 atom stereocenters. The Hall–Kier alpha value is -1.65. The molecule has 2 heterocycles. The lowest BCUT2D eigenvalue weighted by Crippen LogP contribution is -2.45. The maximum Gasteiger partial charge on any atom is 0.0638 e. The van der Waals surface area contributed by atoms with Gasteiger partial charge in [0.15, 0.2) is 0 Å². The van der Waals surface area contributed by atoms with Crippen LogP contribution in [0, 0.1) is 6.92 Å². The van der Waals surface area contributed by atoms with Gasteiger partial charge in [-0.3, -0.25) is 14.5 Å². The number of piperidine rings is 1. The predicted molar refractivity (Wildman–Crippen MR) is 103 cm³/mol. The highest BCUT2D eigenvalue weighted by molar-refractivity contribution is 5.16. The molecule has 1 saturated heterocycles. The summed E-state index contributed by atoms with van der Waals surface area (Å²) in [7, 11) is 2.27. The quantitative estimate of drug-likeness (QED) is 0.768. The van der Waals surface area contributed by atoms with Gasteiger partial charge in [-0.2, -0.15) is 5.10 Å². The molecule has 1 aromatic carbocycles. The van der Waals surface area contributed by atoms with Gasteiger partial charge in [-0.15, -0.1) is 0 Å². The van der Waals surface area contributed by atoms with Crippen LogP contribution in [0.4, 0.5) is 0 Å². The van der Waals surface area contributed by atoms with E-state index in [2.05, 4.69) is 77.0 Å². The molecule has 1 fully saturated rings. The van der Waals surface area contributed by atoms with Gasteiger partial charge < -0.3 is 0 Å². The van der Waals surface area contributed by atoms with Crippen molar-refractivity contribution < 1.29 is 0 Å². The Bertz CT molecular complexity index is 649. The van der Waals surface area contributed by atoms with E-state index >= 15 is 0 Å². The first-order valence-electron chi connectivity index (χ1n) is 9.65. The van der Waals surface area contributed by atoms with Crippen molar-refractivity contribution in [3.63, 3.8) is 0 Å². The number of aryl methyl sites for hydroxylation is 2. The van der Waals surface area contributed by atoms with E-state index in [-0.39, 0.29) is 0 Å². The standard InChI is InChI=1S/C21H32N4/c1-4-12-25-16-20(18(2)22-25)15-24-13-8-11-21(17-24)23(3)14-19-9-6-5-7-10-19/h5-7,9-10,16,21H,4,8,11-15,17H2,1-3H3/t21-/m1/s1. The number of hydrogen-bond acceptors (Lipinski definition) is 3. The van der Waals surface area contributed by atoms with E-state index < -0.39 is 0 Å². The summed E-state index contributed by atoms with van der Waals surface area (Å²) in [6.45, 7) is 9.79. The fourth-order valence-corrected chi connectivity index (χ4v) is 3.83. The second-order valence-corrected chi connectivity index (χ2v) is 7.43. The van der Waals surface area contributed by atoms with Gasteiger partial charge in [-0.1, -0.05) is 37.3 Å². The zero-order valence-corrected chi connectivity index (χ0v) is 16.0. The lowest BCUT2D eigenvalue weighted by Gasteiger charge is -2.37. The third-order valence-corrected chi connectivity index (χ3v) is 5.27. The molecule has 4 heteroatoms. The number of aromatic nitrogens is 2. The van der Waals surface area contributed by atoms with Crippen LogP contribution in [0.25, 0.3) is 0 Å². The molecule has 3 rings (SSSR count). The van der Waals surface area contributed by atoms with Crippen LogP contribution >= 0.6 is 0 Å². The highest BCUT2D eigenvalue weighted by Crippen LogP contribution is 2.20. The lowest BCUT2D eigenvalue weighted by atomic mass is 10.0. The molecule has 1 aromatic heterocycles. The Kier molecular flexibility index (Phi) is 6.27. The summed E-state index contributed by atoms with van der Waals surface area (Å²) in [4.78, 5) is 5.13. The first-order chi connectivity index (χ1) is 12.2. The second kappa shape index (κ2) is 8.63. The van der Waals surface area contributed by atoms with Gasteiger partial charge in [0.1, 0.15) is 0 Å². The van der Waals surface area contributed by atoms with Gasteiger partial charge in [0.05, 0.1) is 5.69 Å². The van der Waals surface area contributed by atoms with E-state index in [1.165, 1.54) is 36.2 Å². The highest BCUT2D eigenvalue weighted by atomic mass is 15.3. The van der Waals surface area contributed by atoms with Crippen LogP contribution in [0.15, 0.2) is 36.5 Å². The second-order valence-electron chi connectivity index (χ2n) is 7.43. The van der Waals surface area contributed by atoms with Crippen LogP contribution in [0.5, 0.6) is 0 Å². The van der Waals surface area contributed by atoms with E-state index in [4.69, 9.17) is 0 Å². The van der Waals surface area contributed by atoms with E-state index in [1.54, 1.807) is 0 Å². The van der Waals surface area contributed by atoms with Crippen molar-refractivity contribution in [2.75, 3.05) is 20.1 Å². The molecule has 0 radical (unpaired) electrons. The predicted octanol–water partition coefficient (Wildman–Crippen LogP) is 3.70. The van der Waals surface area contributed by atoms with Crippen LogP contribution in [0.1, 0.15) is 43.0 Å². The number of benzene rings is 1. The first kappa shape index (κ1) is 18.2. The Morgan fingerprint density at radius 1 is 1.24 bits per heavy atom. The van der Waals surface area contributed by atoms with Crippen molar-refractivity contribution >= 4 is 0 Å². The summed E-state index contributed by atoms with van der Waals surface area (Å²) in [6.07, 6.45) is 5.96. The first-order valence-corrected chi connectivity index (χ1v) is 9.65. The topological polar surface area (TPSA) is 24.3 Å². The molecule has 2 aromatic rings. The normalized spacial score (nSPS) is 18.8. The maximum atomic E-state index is 4.66. The molecular weight excluding hydrogens is 308 g/mol. The van der Waals surface area contributed by atoms with Gasteiger partial charge >= 0.3 is 0 Å². The van der Waals surface area contributed by atoms with Crippen molar-refractivity contribution in [3.05, 3.63) is 53.3 Å². The molecule has 0 amide bonds. The largest absolute Gasteiger partial charge is 0.298 e. The van der Waals surface area contributed by atoms with Crippen molar-refractivity contribution in [2.45, 2.75) is 58.8 Å². The summed E-state index contributed by atoms with van der Waals surface area (Å²) < 4.78 is 2.10. The van der Waals surface area contributed by atoms with Gasteiger partial charge in [0.2, 0.25) is 0 Å². The Morgan fingerprint density at radius 2 is 2.04 bits per heavy atom. The molecule has 0 spiro atoms. The highest BCUT2D eigenvalue weighted by Gasteiger charge is 2.24. The lowest BCUT2D eigenvalue weighted by molar-refractivity contribution is 0.107. The van der Waals surface area contributed by atoms with E-state index in [9.17, 15) is 0 Å². The van der Waals surface area contributed by atoms with Crippen LogP contribution < -0.4 is 0 Å². The molecule has 0 saturated carbocycles. The Labute approximate surface area is 152 Å². The van der Waals surface area contributed by atoms with E-state index in [0.717, 1.165) is 32.6 Å². The van der Waals surface area contributed by atoms with Crippen molar-refractivity contribution in [1.82, 2.24) is 19.6 Å². The monoisotopic (exact) mass is 340 g/mol. The maximum absolute atomic E-state index is 4.66. The zero-order valence-electron chi connectivity index (χ0n) is 16.0. The van der Waals surface area contributed by atoms with Gasteiger partial charge in [-0.05, 0) is 45.3 Å². The molecule has 1 aliphatic heterocycles. The minimum absolute atomic E-state index is 0.639. The molecule has 4 nitrogen and oxygen atoms in total. The smallest absolute Gasteiger partial charge is 0.0638 e. The molecule has 0 aliphatic carbocycles. The summed E-state index contributed by atoms with van der Waals surface area (Å²) >= 11 is 0. The molecule has 0 N–H and O–H groups in total. The fourth-order valence-electron chi connectivity index (χ4n) is 3.83. The number of likely N-dealkylation sites (N-methyl/N-ethyl adjacent to an activating group) is 1. The minimum atomic E-state index is 0.639. The molecule has 136 valence electrons. The third kappa shape index (κ3) is 4.93. The Balaban J connectivity index is 1.57. The SMILES string of the molecule is CCCn1cc(CN2CCC[C@@H](N(C)Cc3ccccc3)C2)c(C)n1. The molecule has 25 heavy (non-hydrogen) atoms. The summed E-state index contributed by atoms with van der Waals surface area (Å²) in [5, 5.41) is 4.66. The van der Waals surface area contributed by atoms with Gasteiger partial charge in [-0.25, -0.2) is 0 Å². The van der Waals surface area contributed by atoms with Crippen molar-refractivity contribution in [1.29, 1.82) is 0 Å². The molecule has 0 unspecified atom stereocenters. The summed E-state index contributed by atoms with van der Waals surface area (Å²) in [5.41, 5.74) is 3.98. The molecule has 0 bridgehead atoms. The number of likely N-dealkylation sites (tertiary alicyclic amines) is 1. The van der Waals surface area contributed by atoms with Crippen LogP contribution in [-0.4, -0.2) is 45.8 Å². The average Bonchev–Trinajstić information content (AvgIpc) is 2.95. The van der Waals surface area contributed by atoms with E-state index in [1.807, 2.05) is 0 Å².